The van der Waals surface area contributed by atoms with Gasteiger partial charge in [0.15, 0.2) is 0 Å². The van der Waals surface area contributed by atoms with Crippen molar-refractivity contribution < 1.29 is 9.53 Å². The second-order valence-corrected chi connectivity index (χ2v) is 7.10. The van der Waals surface area contributed by atoms with Gasteiger partial charge in [0.25, 0.3) is 0 Å². The first kappa shape index (κ1) is 16.0. The fourth-order valence-corrected chi connectivity index (χ4v) is 4.15. The fourth-order valence-electron chi connectivity index (χ4n) is 1.96. The quantitative estimate of drug-likeness (QED) is 0.339. The van der Waals surface area contributed by atoms with E-state index < -0.39 is 7.92 Å². The maximum Gasteiger partial charge on any atom is 0.310 e. The van der Waals surface area contributed by atoms with Gasteiger partial charge in [0.05, 0.1) is 12.8 Å². The topological polar surface area (TPSA) is 26.3 Å². The van der Waals surface area contributed by atoms with Gasteiger partial charge < -0.3 is 4.74 Å². The summed E-state index contributed by atoms with van der Waals surface area (Å²) in [5.41, 5.74) is 0. The fraction of sp³-hybridized carbons (Fsp3) is 0.235. The number of rotatable bonds is 7. The Hall–Kier alpha value is -1.37. The minimum Gasteiger partial charge on any atom is -0.465 e. The first-order chi connectivity index (χ1) is 10.3. The molecule has 0 aliphatic rings. The Kier molecular flexibility index (Phi) is 6.72. The summed E-state index contributed by atoms with van der Waals surface area (Å²) in [5, 5.41) is 2.38. The second kappa shape index (κ2) is 8.81. The number of alkyl halides is 1. The third-order valence-corrected chi connectivity index (χ3v) is 5.65. The zero-order valence-corrected chi connectivity index (χ0v) is 13.4. The minimum atomic E-state index is -0.719. The molecule has 21 heavy (non-hydrogen) atoms. The maximum atomic E-state index is 12.0. The van der Waals surface area contributed by atoms with E-state index in [1.807, 2.05) is 36.4 Å². The van der Waals surface area contributed by atoms with Gasteiger partial charge in [-0.05, 0) is 25.0 Å². The highest BCUT2D eigenvalue weighted by molar-refractivity contribution is 7.73. The number of benzene rings is 2. The molecule has 2 aromatic carbocycles. The lowest BCUT2D eigenvalue weighted by molar-refractivity contribution is -0.140. The monoisotopic (exact) mass is 320 g/mol. The smallest absolute Gasteiger partial charge is 0.310 e. The Bertz CT molecular complexity index is 506. The van der Waals surface area contributed by atoms with Crippen LogP contribution in [0.15, 0.2) is 60.7 Å². The number of esters is 1. The molecule has 0 saturated carbocycles. The third-order valence-electron chi connectivity index (χ3n) is 2.96. The average molecular weight is 321 g/mol. The van der Waals surface area contributed by atoms with Crippen LogP contribution in [-0.2, 0) is 9.53 Å². The summed E-state index contributed by atoms with van der Waals surface area (Å²) in [7, 11) is -0.719. The van der Waals surface area contributed by atoms with Crippen LogP contribution in [0.3, 0.4) is 0 Å². The van der Waals surface area contributed by atoms with E-state index in [1.165, 1.54) is 10.6 Å². The summed E-state index contributed by atoms with van der Waals surface area (Å²) in [6.45, 7) is 0.398. The molecule has 0 aromatic heterocycles. The van der Waals surface area contributed by atoms with E-state index in [9.17, 15) is 4.79 Å². The zero-order valence-electron chi connectivity index (χ0n) is 11.7. The van der Waals surface area contributed by atoms with Crippen molar-refractivity contribution in [2.75, 3.05) is 18.6 Å². The molecular formula is C17H18ClO2P. The van der Waals surface area contributed by atoms with Crippen LogP contribution in [0, 0.1) is 0 Å². The first-order valence-electron chi connectivity index (χ1n) is 6.90. The molecule has 0 heterocycles. The van der Waals surface area contributed by atoms with E-state index in [0.717, 1.165) is 0 Å². The van der Waals surface area contributed by atoms with E-state index >= 15 is 0 Å². The molecule has 0 bridgehead atoms. The number of halogens is 1. The first-order valence-corrected chi connectivity index (χ1v) is 8.96. The SMILES string of the molecule is O=C(CP(c1ccccc1)c1ccccc1)OCCCCl. The lowest BCUT2D eigenvalue weighted by atomic mass is 10.4. The molecule has 0 spiro atoms. The molecule has 0 saturated heterocycles. The molecular weight excluding hydrogens is 303 g/mol. The summed E-state index contributed by atoms with van der Waals surface area (Å²) in [6, 6.07) is 20.3. The van der Waals surface area contributed by atoms with E-state index in [-0.39, 0.29) is 5.97 Å². The van der Waals surface area contributed by atoms with Gasteiger partial charge in [-0.1, -0.05) is 60.7 Å². The van der Waals surface area contributed by atoms with Crippen LogP contribution in [0.2, 0.25) is 0 Å². The molecule has 0 fully saturated rings. The van der Waals surface area contributed by atoms with Crippen LogP contribution < -0.4 is 10.6 Å². The van der Waals surface area contributed by atoms with Gasteiger partial charge in [0.2, 0.25) is 0 Å². The van der Waals surface area contributed by atoms with Crippen LogP contribution >= 0.6 is 19.5 Å². The molecule has 0 amide bonds. The number of hydrogen-bond acceptors (Lipinski definition) is 2. The minimum absolute atomic E-state index is 0.154. The number of hydrogen-bond donors (Lipinski definition) is 0. The lowest BCUT2D eigenvalue weighted by Gasteiger charge is -2.17. The Morgan fingerprint density at radius 2 is 1.48 bits per heavy atom. The van der Waals surface area contributed by atoms with Crippen LogP contribution in [0.5, 0.6) is 0 Å². The van der Waals surface area contributed by atoms with Gasteiger partial charge in [-0.2, -0.15) is 0 Å². The van der Waals surface area contributed by atoms with Gasteiger partial charge in [-0.3, -0.25) is 4.79 Å². The van der Waals surface area contributed by atoms with E-state index in [4.69, 9.17) is 16.3 Å². The molecule has 0 aliphatic carbocycles. The number of carbonyl (C=O) groups excluding carboxylic acids is 1. The van der Waals surface area contributed by atoms with Crippen LogP contribution in [-0.4, -0.2) is 24.6 Å². The van der Waals surface area contributed by atoms with Crippen LogP contribution in [0.25, 0.3) is 0 Å². The van der Waals surface area contributed by atoms with Crippen molar-refractivity contribution in [3.8, 4) is 0 Å². The zero-order chi connectivity index (χ0) is 14.9. The van der Waals surface area contributed by atoms with Crippen molar-refractivity contribution in [2.24, 2.45) is 0 Å². The molecule has 2 nitrogen and oxygen atoms in total. The highest BCUT2D eigenvalue weighted by Gasteiger charge is 2.18. The van der Waals surface area contributed by atoms with Gasteiger partial charge >= 0.3 is 5.97 Å². The van der Waals surface area contributed by atoms with E-state index in [1.54, 1.807) is 0 Å². The van der Waals surface area contributed by atoms with Crippen molar-refractivity contribution in [2.45, 2.75) is 6.42 Å². The maximum absolute atomic E-state index is 12.0. The number of carbonyl (C=O) groups is 1. The summed E-state index contributed by atoms with van der Waals surface area (Å²) in [4.78, 5) is 12.0. The molecule has 0 atom stereocenters. The highest BCUT2D eigenvalue weighted by atomic mass is 35.5. The Labute approximate surface area is 131 Å². The lowest BCUT2D eigenvalue weighted by Crippen LogP contribution is -2.20. The van der Waals surface area contributed by atoms with Crippen molar-refractivity contribution in [1.82, 2.24) is 0 Å². The van der Waals surface area contributed by atoms with Crippen LogP contribution in [0.1, 0.15) is 6.42 Å². The standard InChI is InChI=1S/C17H18ClO2P/c18-12-7-13-20-17(19)14-21(15-8-3-1-4-9-15)16-10-5-2-6-11-16/h1-6,8-11H,7,12-14H2. The van der Waals surface area contributed by atoms with Crippen molar-refractivity contribution in [3.63, 3.8) is 0 Å². The molecule has 0 N–H and O–H groups in total. The normalized spacial score (nSPS) is 10.6. The number of ether oxygens (including phenoxy) is 1. The van der Waals surface area contributed by atoms with Crippen LogP contribution in [0.4, 0.5) is 0 Å². The third kappa shape index (κ3) is 5.15. The summed E-state index contributed by atoms with van der Waals surface area (Å²) in [5.74, 6) is 0.360. The summed E-state index contributed by atoms with van der Waals surface area (Å²) < 4.78 is 5.25. The molecule has 110 valence electrons. The second-order valence-electron chi connectivity index (χ2n) is 4.52. The Morgan fingerprint density at radius 3 is 1.95 bits per heavy atom. The van der Waals surface area contributed by atoms with Gasteiger partial charge in [0.1, 0.15) is 0 Å². The Morgan fingerprint density at radius 1 is 0.952 bits per heavy atom. The summed E-state index contributed by atoms with van der Waals surface area (Å²) in [6.07, 6.45) is 1.10. The molecule has 0 radical (unpaired) electrons. The van der Waals surface area contributed by atoms with Crippen molar-refractivity contribution >= 4 is 36.1 Å². The van der Waals surface area contributed by atoms with E-state index in [0.29, 0.717) is 25.1 Å². The summed E-state index contributed by atoms with van der Waals surface area (Å²) >= 11 is 5.60. The van der Waals surface area contributed by atoms with Crippen molar-refractivity contribution in [1.29, 1.82) is 0 Å². The molecule has 4 heteroatoms. The molecule has 0 unspecified atom stereocenters. The molecule has 0 aliphatic heterocycles. The van der Waals surface area contributed by atoms with Gasteiger partial charge in [0, 0.05) is 5.88 Å². The predicted octanol–water partition coefficient (Wildman–Crippen LogP) is 3.29. The van der Waals surface area contributed by atoms with Gasteiger partial charge in [-0.25, -0.2) is 0 Å². The Balaban J connectivity index is 2.12. The predicted molar refractivity (Wildman–Crippen MR) is 90.2 cm³/mol. The van der Waals surface area contributed by atoms with Crippen molar-refractivity contribution in [3.05, 3.63) is 60.7 Å². The largest absolute Gasteiger partial charge is 0.465 e. The van der Waals surface area contributed by atoms with E-state index in [2.05, 4.69) is 24.3 Å². The molecule has 2 aromatic rings. The van der Waals surface area contributed by atoms with Gasteiger partial charge in [-0.15, -0.1) is 11.6 Å². The highest BCUT2D eigenvalue weighted by Crippen LogP contribution is 2.33. The molecule has 2 rings (SSSR count). The average Bonchev–Trinajstić information content (AvgIpc) is 2.54.